The highest BCUT2D eigenvalue weighted by molar-refractivity contribution is 7.11. The van der Waals surface area contributed by atoms with E-state index >= 15 is 0 Å². The summed E-state index contributed by atoms with van der Waals surface area (Å²) in [5.74, 6) is 0. The van der Waals surface area contributed by atoms with Crippen LogP contribution >= 0.6 is 11.3 Å². The maximum atomic E-state index is 5.48. The van der Waals surface area contributed by atoms with Gasteiger partial charge in [0.05, 0.1) is 10.7 Å². The van der Waals surface area contributed by atoms with E-state index in [4.69, 9.17) is 5.73 Å². The molecule has 3 nitrogen and oxygen atoms in total. The normalized spacial score (nSPS) is 13.1. The van der Waals surface area contributed by atoms with E-state index < -0.39 is 0 Å². The highest BCUT2D eigenvalue weighted by atomic mass is 32.1. The molecule has 80 valence electrons. The molecule has 1 aromatic heterocycles. The van der Waals surface area contributed by atoms with Crippen molar-refractivity contribution in [3.05, 3.63) is 15.6 Å². The van der Waals surface area contributed by atoms with Crippen LogP contribution in [0.5, 0.6) is 0 Å². The average molecular weight is 213 g/mol. The number of nitrogens with zero attached hydrogens (tertiary/aromatic N) is 1. The molecule has 1 atom stereocenters. The van der Waals surface area contributed by atoms with E-state index in [1.165, 1.54) is 4.88 Å². The maximum Gasteiger partial charge on any atom is 0.0900 e. The molecule has 0 radical (unpaired) electrons. The predicted molar refractivity (Wildman–Crippen MR) is 61.6 cm³/mol. The van der Waals surface area contributed by atoms with Gasteiger partial charge in [0.25, 0.3) is 0 Å². The molecule has 1 rings (SSSR count). The molecule has 1 aromatic rings. The van der Waals surface area contributed by atoms with Gasteiger partial charge in [-0.2, -0.15) is 0 Å². The van der Waals surface area contributed by atoms with Crippen LogP contribution in [0, 0.1) is 13.8 Å². The molecular formula is C10H19N3S. The van der Waals surface area contributed by atoms with Crippen molar-refractivity contribution in [3.63, 3.8) is 0 Å². The number of hydrogen-bond acceptors (Lipinski definition) is 4. The minimum absolute atomic E-state index is 0.488. The van der Waals surface area contributed by atoms with Gasteiger partial charge in [0.2, 0.25) is 0 Å². The van der Waals surface area contributed by atoms with Gasteiger partial charge in [-0.1, -0.05) is 0 Å². The summed E-state index contributed by atoms with van der Waals surface area (Å²) >= 11 is 1.77. The lowest BCUT2D eigenvalue weighted by Gasteiger charge is -2.11. The van der Waals surface area contributed by atoms with Gasteiger partial charge >= 0.3 is 0 Å². The van der Waals surface area contributed by atoms with Crippen molar-refractivity contribution in [2.45, 2.75) is 39.8 Å². The van der Waals surface area contributed by atoms with E-state index in [1.54, 1.807) is 11.3 Å². The minimum Gasteiger partial charge on any atom is -0.330 e. The third-order valence-electron chi connectivity index (χ3n) is 2.21. The zero-order valence-corrected chi connectivity index (χ0v) is 9.95. The highest BCUT2D eigenvalue weighted by Gasteiger charge is 2.06. The van der Waals surface area contributed by atoms with E-state index in [2.05, 4.69) is 24.1 Å². The largest absolute Gasteiger partial charge is 0.330 e. The molecule has 1 heterocycles. The molecule has 0 spiro atoms. The Kier molecular flexibility index (Phi) is 4.51. The molecule has 3 N–H and O–H groups in total. The maximum absolute atomic E-state index is 5.48. The van der Waals surface area contributed by atoms with Crippen molar-refractivity contribution < 1.29 is 0 Å². The van der Waals surface area contributed by atoms with Crippen molar-refractivity contribution in [1.29, 1.82) is 0 Å². The lowest BCUT2D eigenvalue weighted by molar-refractivity contribution is 0.521. The van der Waals surface area contributed by atoms with Crippen LogP contribution in [-0.4, -0.2) is 17.6 Å². The first-order valence-electron chi connectivity index (χ1n) is 5.00. The van der Waals surface area contributed by atoms with E-state index in [-0.39, 0.29) is 0 Å². The van der Waals surface area contributed by atoms with Crippen molar-refractivity contribution >= 4 is 11.3 Å². The van der Waals surface area contributed by atoms with Crippen LogP contribution in [0.1, 0.15) is 28.9 Å². The van der Waals surface area contributed by atoms with Crippen LogP contribution in [-0.2, 0) is 6.54 Å². The Bertz CT molecular complexity index is 283. The molecule has 0 amide bonds. The molecule has 1 unspecified atom stereocenters. The summed E-state index contributed by atoms with van der Waals surface area (Å²) in [6.45, 7) is 7.93. The number of aryl methyl sites for hydroxylation is 2. The van der Waals surface area contributed by atoms with Gasteiger partial charge in [0, 0.05) is 17.5 Å². The van der Waals surface area contributed by atoms with Crippen LogP contribution in [0.4, 0.5) is 0 Å². The fourth-order valence-electron chi connectivity index (χ4n) is 1.36. The zero-order chi connectivity index (χ0) is 10.6. The number of rotatable bonds is 5. The Morgan fingerprint density at radius 1 is 1.50 bits per heavy atom. The zero-order valence-electron chi connectivity index (χ0n) is 9.13. The monoisotopic (exact) mass is 213 g/mol. The van der Waals surface area contributed by atoms with Gasteiger partial charge < -0.3 is 11.1 Å². The van der Waals surface area contributed by atoms with Gasteiger partial charge in [-0.15, -0.1) is 11.3 Å². The number of nitrogens with one attached hydrogen (secondary N) is 1. The number of hydrogen-bond donors (Lipinski definition) is 2. The Morgan fingerprint density at radius 2 is 2.21 bits per heavy atom. The SMILES string of the molecule is Cc1nc(C)c(CNC(C)CCN)s1. The standard InChI is InChI=1S/C10H19N3S/c1-7(4-5-11)12-6-10-8(2)13-9(3)14-10/h7,12H,4-6,11H2,1-3H3. The summed E-state index contributed by atoms with van der Waals surface area (Å²) in [7, 11) is 0. The molecule has 0 bridgehead atoms. The first kappa shape index (κ1) is 11.6. The lowest BCUT2D eigenvalue weighted by atomic mass is 10.2. The second-order valence-corrected chi connectivity index (χ2v) is 4.89. The highest BCUT2D eigenvalue weighted by Crippen LogP contribution is 2.16. The summed E-state index contributed by atoms with van der Waals surface area (Å²) in [5, 5.41) is 4.59. The first-order valence-corrected chi connectivity index (χ1v) is 5.81. The van der Waals surface area contributed by atoms with Crippen LogP contribution < -0.4 is 11.1 Å². The summed E-state index contributed by atoms with van der Waals surface area (Å²) in [6, 6.07) is 0.488. The smallest absolute Gasteiger partial charge is 0.0900 e. The quantitative estimate of drug-likeness (QED) is 0.781. The van der Waals surface area contributed by atoms with Crippen molar-refractivity contribution in [3.8, 4) is 0 Å². The second kappa shape index (κ2) is 5.44. The van der Waals surface area contributed by atoms with Crippen molar-refractivity contribution in [2.24, 2.45) is 5.73 Å². The average Bonchev–Trinajstić information content (AvgIpc) is 2.42. The van der Waals surface area contributed by atoms with Crippen LogP contribution in [0.15, 0.2) is 0 Å². The minimum atomic E-state index is 0.488. The molecule has 4 heteroatoms. The molecule has 14 heavy (non-hydrogen) atoms. The molecule has 0 fully saturated rings. The molecule has 0 aliphatic heterocycles. The van der Waals surface area contributed by atoms with E-state index in [9.17, 15) is 0 Å². The predicted octanol–water partition coefficient (Wildman–Crippen LogP) is 1.59. The first-order chi connectivity index (χ1) is 6.63. The van der Waals surface area contributed by atoms with E-state index in [0.717, 1.165) is 30.2 Å². The third kappa shape index (κ3) is 3.36. The van der Waals surface area contributed by atoms with Crippen molar-refractivity contribution in [2.75, 3.05) is 6.54 Å². The van der Waals surface area contributed by atoms with Crippen molar-refractivity contribution in [1.82, 2.24) is 10.3 Å². The Labute approximate surface area is 89.7 Å². The summed E-state index contributed by atoms with van der Waals surface area (Å²) in [4.78, 5) is 5.73. The van der Waals surface area contributed by atoms with E-state index in [0.29, 0.717) is 6.04 Å². The van der Waals surface area contributed by atoms with Crippen LogP contribution in [0.25, 0.3) is 0 Å². The molecular weight excluding hydrogens is 194 g/mol. The Morgan fingerprint density at radius 3 is 2.71 bits per heavy atom. The Balaban J connectivity index is 2.41. The van der Waals surface area contributed by atoms with Gasteiger partial charge in [-0.05, 0) is 33.7 Å². The number of nitrogens with two attached hydrogens (primary N) is 1. The Hall–Kier alpha value is -0.450. The topological polar surface area (TPSA) is 50.9 Å². The van der Waals surface area contributed by atoms with Gasteiger partial charge in [0.15, 0.2) is 0 Å². The summed E-state index contributed by atoms with van der Waals surface area (Å²) in [5.41, 5.74) is 6.64. The lowest BCUT2D eigenvalue weighted by Crippen LogP contribution is -2.27. The van der Waals surface area contributed by atoms with E-state index in [1.807, 2.05) is 6.92 Å². The number of aromatic nitrogens is 1. The van der Waals surface area contributed by atoms with Gasteiger partial charge in [-0.3, -0.25) is 0 Å². The fourth-order valence-corrected chi connectivity index (χ4v) is 2.24. The molecule has 0 saturated heterocycles. The molecule has 0 aliphatic rings. The van der Waals surface area contributed by atoms with Gasteiger partial charge in [-0.25, -0.2) is 4.98 Å². The molecule has 0 aromatic carbocycles. The van der Waals surface area contributed by atoms with Crippen LogP contribution in [0.2, 0.25) is 0 Å². The van der Waals surface area contributed by atoms with Gasteiger partial charge in [0.1, 0.15) is 0 Å². The third-order valence-corrected chi connectivity index (χ3v) is 3.28. The summed E-state index contributed by atoms with van der Waals surface area (Å²) in [6.07, 6.45) is 1.02. The second-order valence-electron chi connectivity index (χ2n) is 3.60. The summed E-state index contributed by atoms with van der Waals surface area (Å²) < 4.78 is 0. The number of thiazole rings is 1. The molecule has 0 saturated carbocycles. The molecule has 0 aliphatic carbocycles. The van der Waals surface area contributed by atoms with Crippen LogP contribution in [0.3, 0.4) is 0 Å². The fraction of sp³-hybridized carbons (Fsp3) is 0.700.